The fourth-order valence-electron chi connectivity index (χ4n) is 9.92. The molecule has 0 saturated carbocycles. The molecule has 12 rings (SSSR count). The third-order valence-electron chi connectivity index (χ3n) is 12.6. The van der Waals surface area contributed by atoms with Crippen molar-refractivity contribution in [3.05, 3.63) is 218 Å². The van der Waals surface area contributed by atoms with Crippen LogP contribution in [0.25, 0.3) is 120 Å². The summed E-state index contributed by atoms with van der Waals surface area (Å²) in [5.74, 6) is 0. The second kappa shape index (κ2) is 13.3. The summed E-state index contributed by atoms with van der Waals surface area (Å²) in [5, 5.41) is 17.7. The molecule has 0 nitrogen and oxygen atoms in total. The third kappa shape index (κ3) is 5.38. The van der Waals surface area contributed by atoms with Crippen LogP contribution in [0.3, 0.4) is 0 Å². The first-order valence-electron chi connectivity index (χ1n) is 20.6. The second-order valence-electron chi connectivity index (χ2n) is 16.1. The smallest absolute Gasteiger partial charge is 0.00262 e. The van der Waals surface area contributed by atoms with Crippen LogP contribution >= 0.6 is 0 Å². The predicted molar refractivity (Wildman–Crippen MR) is 255 cm³/mol. The second-order valence-corrected chi connectivity index (χ2v) is 16.1. The molecule has 0 radical (unpaired) electrons. The van der Waals surface area contributed by atoms with E-state index in [1.165, 1.54) is 125 Å². The van der Waals surface area contributed by atoms with Crippen molar-refractivity contribution >= 4 is 75.4 Å². The summed E-state index contributed by atoms with van der Waals surface area (Å²) in [6, 6.07) is 79.1. The number of benzene rings is 12. The average Bonchev–Trinajstić information content (AvgIpc) is 3.29. The molecule has 0 bridgehead atoms. The molecule has 12 aromatic rings. The van der Waals surface area contributed by atoms with Crippen LogP contribution in [0.5, 0.6) is 0 Å². The Bertz CT molecular complexity index is 3560. The zero-order valence-electron chi connectivity index (χ0n) is 32.7. The molecule has 0 aliphatic carbocycles. The van der Waals surface area contributed by atoms with Gasteiger partial charge in [-0.3, -0.25) is 0 Å². The average molecular weight is 747 g/mol. The fourth-order valence-corrected chi connectivity index (χ4v) is 9.92. The van der Waals surface area contributed by atoms with Crippen LogP contribution in [-0.2, 0) is 0 Å². The van der Waals surface area contributed by atoms with Crippen LogP contribution in [0.15, 0.2) is 212 Å². The zero-order chi connectivity index (χ0) is 39.0. The van der Waals surface area contributed by atoms with Gasteiger partial charge in [0, 0.05) is 0 Å². The van der Waals surface area contributed by atoms with Gasteiger partial charge in [-0.15, -0.1) is 0 Å². The molecule has 0 heterocycles. The van der Waals surface area contributed by atoms with Crippen molar-refractivity contribution in [3.8, 4) is 44.5 Å². The maximum absolute atomic E-state index is 2.39. The van der Waals surface area contributed by atoms with Crippen molar-refractivity contribution in [1.82, 2.24) is 0 Å². The Balaban J connectivity index is 1.03. The Morgan fingerprint density at radius 3 is 0.780 bits per heavy atom. The van der Waals surface area contributed by atoms with E-state index >= 15 is 0 Å². The fraction of sp³-hybridized carbons (Fsp3) is 0.0169. The Kier molecular flexibility index (Phi) is 7.55. The van der Waals surface area contributed by atoms with Gasteiger partial charge >= 0.3 is 0 Å². The molecule has 274 valence electrons. The highest BCUT2D eigenvalue weighted by molar-refractivity contribution is 6.24. The van der Waals surface area contributed by atoms with Crippen LogP contribution < -0.4 is 0 Å². The lowest BCUT2D eigenvalue weighted by atomic mass is 9.84. The maximum atomic E-state index is 2.39. The molecule has 0 unspecified atom stereocenters. The van der Waals surface area contributed by atoms with E-state index in [0.717, 1.165) is 0 Å². The number of rotatable bonds is 4. The highest BCUT2D eigenvalue weighted by Crippen LogP contribution is 2.47. The molecule has 0 saturated heterocycles. The minimum absolute atomic E-state index is 1.23. The Morgan fingerprint density at radius 2 is 0.441 bits per heavy atom. The molecule has 0 spiro atoms. The monoisotopic (exact) mass is 746 g/mol. The number of hydrogen-bond acceptors (Lipinski definition) is 0. The van der Waals surface area contributed by atoms with Crippen molar-refractivity contribution in [2.24, 2.45) is 0 Å². The summed E-state index contributed by atoms with van der Waals surface area (Å²) in [6.45, 7) is 2.16. The molecular formula is C59H38. The zero-order valence-corrected chi connectivity index (χ0v) is 32.7. The van der Waals surface area contributed by atoms with Crippen LogP contribution in [0.1, 0.15) is 5.56 Å². The third-order valence-corrected chi connectivity index (χ3v) is 12.6. The highest BCUT2D eigenvalue weighted by Gasteiger charge is 2.19. The largest absolute Gasteiger partial charge is 0.0616 e. The first kappa shape index (κ1) is 33.6. The van der Waals surface area contributed by atoms with E-state index in [4.69, 9.17) is 0 Å². The van der Waals surface area contributed by atoms with Gasteiger partial charge in [-0.1, -0.05) is 194 Å². The summed E-state index contributed by atoms with van der Waals surface area (Å²) < 4.78 is 0. The van der Waals surface area contributed by atoms with E-state index in [1.54, 1.807) is 0 Å². The van der Waals surface area contributed by atoms with Crippen LogP contribution in [0.4, 0.5) is 0 Å². The molecule has 0 N–H and O–H groups in total. The summed E-state index contributed by atoms with van der Waals surface area (Å²) in [7, 11) is 0. The number of aryl methyl sites for hydroxylation is 1. The minimum Gasteiger partial charge on any atom is -0.0616 e. The summed E-state index contributed by atoms with van der Waals surface area (Å²) >= 11 is 0. The summed E-state index contributed by atoms with van der Waals surface area (Å²) in [6.07, 6.45) is 0. The first-order valence-corrected chi connectivity index (χ1v) is 20.6. The van der Waals surface area contributed by atoms with Gasteiger partial charge in [0.2, 0.25) is 0 Å². The van der Waals surface area contributed by atoms with Crippen molar-refractivity contribution in [2.45, 2.75) is 6.92 Å². The SMILES string of the molecule is Cc1ccc2cc(-c3c4ccccc4c(-c4ccc5cc(-c6c7ccccc7c(-c7ccc8ccccc8c7)c7ccccc67)ccc5c4)c4ccccc34)ccc2c1. The quantitative estimate of drug-likeness (QED) is 0.157. The van der Waals surface area contributed by atoms with Crippen LogP contribution in [-0.4, -0.2) is 0 Å². The molecule has 59 heavy (non-hydrogen) atoms. The Morgan fingerprint density at radius 1 is 0.203 bits per heavy atom. The molecule has 0 fully saturated rings. The van der Waals surface area contributed by atoms with Gasteiger partial charge in [-0.2, -0.15) is 0 Å². The standard InChI is InChI=1S/C59H38/c1-37-22-23-41-34-45(29-25-40(41)32-37)57-52-18-8-10-20-54(52)59(55-21-11-9-19-53(55)57)47-31-27-42-35-46(30-26-43(42)36-47)58-50-16-6-4-14-48(50)56(49-15-5-7-17-51(49)58)44-28-24-38-12-2-3-13-39(38)33-44/h2-36H,1H3. The van der Waals surface area contributed by atoms with Crippen molar-refractivity contribution < 1.29 is 0 Å². The van der Waals surface area contributed by atoms with E-state index in [2.05, 4.69) is 219 Å². The van der Waals surface area contributed by atoms with E-state index in [9.17, 15) is 0 Å². The van der Waals surface area contributed by atoms with Gasteiger partial charge in [-0.25, -0.2) is 0 Å². The Labute approximate surface area is 343 Å². The molecule has 0 amide bonds. The van der Waals surface area contributed by atoms with Gasteiger partial charge in [0.05, 0.1) is 0 Å². The van der Waals surface area contributed by atoms with Gasteiger partial charge < -0.3 is 0 Å². The first-order chi connectivity index (χ1) is 29.2. The number of fused-ring (bicyclic) bond motifs is 7. The van der Waals surface area contributed by atoms with E-state index in [0.29, 0.717) is 0 Å². The van der Waals surface area contributed by atoms with Crippen LogP contribution in [0.2, 0.25) is 0 Å². The predicted octanol–water partition coefficient (Wildman–Crippen LogP) is 16.7. The minimum atomic E-state index is 1.23. The molecule has 0 atom stereocenters. The molecular weight excluding hydrogens is 709 g/mol. The number of hydrogen-bond donors (Lipinski definition) is 0. The molecule has 0 aliphatic rings. The van der Waals surface area contributed by atoms with Crippen LogP contribution in [0, 0.1) is 6.92 Å². The van der Waals surface area contributed by atoms with E-state index < -0.39 is 0 Å². The maximum Gasteiger partial charge on any atom is -0.00262 e. The molecule has 0 aliphatic heterocycles. The van der Waals surface area contributed by atoms with E-state index in [-0.39, 0.29) is 0 Å². The molecule has 0 heteroatoms. The van der Waals surface area contributed by atoms with Gasteiger partial charge in [-0.05, 0) is 151 Å². The topological polar surface area (TPSA) is 0 Å². The van der Waals surface area contributed by atoms with E-state index in [1.807, 2.05) is 0 Å². The lowest BCUT2D eigenvalue weighted by Crippen LogP contribution is -1.92. The lowest BCUT2D eigenvalue weighted by Gasteiger charge is -2.19. The highest BCUT2D eigenvalue weighted by atomic mass is 14.2. The Hall–Kier alpha value is -7.54. The van der Waals surface area contributed by atoms with Crippen molar-refractivity contribution in [2.75, 3.05) is 0 Å². The van der Waals surface area contributed by atoms with Gasteiger partial charge in [0.15, 0.2) is 0 Å². The summed E-state index contributed by atoms with van der Waals surface area (Å²) in [4.78, 5) is 0. The lowest BCUT2D eigenvalue weighted by molar-refractivity contribution is 1.51. The normalized spacial score (nSPS) is 11.8. The molecule has 12 aromatic carbocycles. The van der Waals surface area contributed by atoms with Crippen molar-refractivity contribution in [3.63, 3.8) is 0 Å². The van der Waals surface area contributed by atoms with Gasteiger partial charge in [0.1, 0.15) is 0 Å². The molecule has 0 aromatic heterocycles. The van der Waals surface area contributed by atoms with Gasteiger partial charge in [0.25, 0.3) is 0 Å². The van der Waals surface area contributed by atoms with Crippen molar-refractivity contribution in [1.29, 1.82) is 0 Å². The summed E-state index contributed by atoms with van der Waals surface area (Å²) in [5.41, 5.74) is 11.4.